The average molecular weight is 671 g/mol. The van der Waals surface area contributed by atoms with Crippen LogP contribution in [0.2, 0.25) is 4.18 Å². The van der Waals surface area contributed by atoms with Crippen molar-refractivity contribution in [3.63, 3.8) is 0 Å². The maximum absolute atomic E-state index is 4.35. The van der Waals surface area contributed by atoms with E-state index in [2.05, 4.69) is 116 Å². The average Bonchev–Trinajstić information content (AvgIpc) is 3.58. The molecule has 3 aliphatic carbocycles. The third kappa shape index (κ3) is 3.83. The topological polar surface area (TPSA) is 0 Å². The Balaban J connectivity index is 0.00000133. The van der Waals surface area contributed by atoms with Crippen LogP contribution in [-0.2, 0) is 22.9 Å². The van der Waals surface area contributed by atoms with Crippen LogP contribution in [0.15, 0.2) is 97.1 Å². The Bertz CT molecular complexity index is 1500. The number of hydrogen-bond donors (Lipinski definition) is 0. The van der Waals surface area contributed by atoms with E-state index in [1.54, 1.807) is 16.7 Å². The zero-order valence-corrected chi connectivity index (χ0v) is 24.9. The molecule has 0 spiro atoms. The summed E-state index contributed by atoms with van der Waals surface area (Å²) in [6.07, 6.45) is 9.52. The van der Waals surface area contributed by atoms with Crippen molar-refractivity contribution >= 4 is 12.2 Å². The Labute approximate surface area is 237 Å². The summed E-state index contributed by atoms with van der Waals surface area (Å²) in [6.45, 7) is 4.35. The standard InChI is InChI=1S/C31H21.C2H4.2ClH.Hf/c1-4-10-23-20(7-1)13-15-26(23)29-18-17-27-25-12-6-3-9-22(25)19-30(27)31(29)28-16-14-21-8-2-5-11-24(21)28;1-2;;;/h1-19,26,28H;1-2H2;2*1H;/q;;;;+2/p-2. The van der Waals surface area contributed by atoms with Crippen LogP contribution in [0.4, 0.5) is 0 Å². The van der Waals surface area contributed by atoms with Gasteiger partial charge in [-0.25, -0.2) is 0 Å². The van der Waals surface area contributed by atoms with Crippen molar-refractivity contribution in [2.24, 2.45) is 0 Å². The molecule has 0 N–H and O–H groups in total. The second-order valence-electron chi connectivity index (χ2n) is 9.44. The molecule has 7 rings (SSSR count). The van der Waals surface area contributed by atoms with Crippen molar-refractivity contribution < 1.29 is 47.7 Å². The molecule has 1 radical (unpaired) electrons. The second-order valence-corrected chi connectivity index (χ2v) is 14.8. The monoisotopic (exact) mass is 671 g/mol. The van der Waals surface area contributed by atoms with Crippen molar-refractivity contribution in [3.8, 4) is 11.1 Å². The molecule has 0 aromatic heterocycles. The largest absolute Gasteiger partial charge is 1.00 e. The Morgan fingerprint density at radius 1 is 0.556 bits per heavy atom. The molecule has 0 fully saturated rings. The van der Waals surface area contributed by atoms with Crippen LogP contribution >= 0.6 is 0 Å². The number of hydrogen-bond acceptors (Lipinski definition) is 0. The fourth-order valence-corrected chi connectivity index (χ4v) is 10.9. The Morgan fingerprint density at radius 2 is 1.14 bits per heavy atom. The number of rotatable bonds is 4. The molecule has 0 amide bonds. The van der Waals surface area contributed by atoms with E-state index < -0.39 is 22.9 Å². The first-order valence-corrected chi connectivity index (χ1v) is 16.8. The summed E-state index contributed by atoms with van der Waals surface area (Å²) in [4.78, 5) is 0. The quantitative estimate of drug-likeness (QED) is 0.293. The fourth-order valence-electron chi connectivity index (χ4n) is 6.35. The van der Waals surface area contributed by atoms with Gasteiger partial charge in [-0.05, 0) is 0 Å². The molecule has 0 heterocycles. The first kappa shape index (κ1) is 25.5. The molecule has 0 nitrogen and oxygen atoms in total. The van der Waals surface area contributed by atoms with Crippen LogP contribution in [0.3, 0.4) is 0 Å². The molecule has 3 atom stereocenters. The van der Waals surface area contributed by atoms with Gasteiger partial charge in [0.2, 0.25) is 0 Å². The molecule has 0 saturated heterocycles. The van der Waals surface area contributed by atoms with Crippen LogP contribution in [0.5, 0.6) is 0 Å². The van der Waals surface area contributed by atoms with Crippen LogP contribution < -0.4 is 24.8 Å². The fraction of sp³-hybridized carbons (Fsp3) is 0.121. The van der Waals surface area contributed by atoms with E-state index in [9.17, 15) is 0 Å². The minimum atomic E-state index is -0.982. The Morgan fingerprint density at radius 3 is 1.83 bits per heavy atom. The van der Waals surface area contributed by atoms with E-state index in [1.807, 2.05) is 0 Å². The van der Waals surface area contributed by atoms with Crippen LogP contribution in [0.25, 0.3) is 23.3 Å². The summed E-state index contributed by atoms with van der Waals surface area (Å²) in [5, 5.41) is 0. The summed E-state index contributed by atoms with van der Waals surface area (Å²) in [7, 11) is 0. The molecule has 3 heteroatoms. The summed E-state index contributed by atoms with van der Waals surface area (Å²) in [5.74, 6) is 0.627. The molecule has 3 aliphatic rings. The third-order valence-corrected chi connectivity index (χ3v) is 12.4. The van der Waals surface area contributed by atoms with E-state index in [0.717, 1.165) is 4.18 Å². The summed E-state index contributed by atoms with van der Waals surface area (Å²) in [5.41, 5.74) is 14.7. The smallest absolute Gasteiger partial charge is 1.00 e. The molecule has 4 aromatic carbocycles. The van der Waals surface area contributed by atoms with Crippen molar-refractivity contribution in [1.29, 1.82) is 0 Å². The van der Waals surface area contributed by atoms with Gasteiger partial charge in [-0.2, -0.15) is 0 Å². The van der Waals surface area contributed by atoms with Gasteiger partial charge in [0.1, 0.15) is 0 Å². The molecular formula is C33H25Cl2Hf. The van der Waals surface area contributed by atoms with Gasteiger partial charge in [0.05, 0.1) is 0 Å². The van der Waals surface area contributed by atoms with E-state index in [4.69, 9.17) is 0 Å². The molecule has 0 saturated carbocycles. The van der Waals surface area contributed by atoms with Crippen LogP contribution in [-0.4, -0.2) is 0 Å². The number of fused-ring (bicyclic) bond motifs is 5. The Kier molecular flexibility index (Phi) is 7.27. The molecule has 4 aromatic rings. The molecule has 36 heavy (non-hydrogen) atoms. The van der Waals surface area contributed by atoms with Crippen molar-refractivity contribution in [1.82, 2.24) is 0 Å². The normalized spacial score (nSPS) is 19.4. The summed E-state index contributed by atoms with van der Waals surface area (Å²) in [6, 6.07) is 31.9. The number of allylic oxidation sites excluding steroid dienone is 2. The molecule has 0 bridgehead atoms. The predicted octanol–water partition coefficient (Wildman–Crippen LogP) is 2.42. The maximum Gasteiger partial charge on any atom is -1.00 e. The first-order chi connectivity index (χ1) is 16.8. The van der Waals surface area contributed by atoms with Gasteiger partial charge in [-0.1, -0.05) is 0 Å². The number of benzene rings is 4. The minimum Gasteiger partial charge on any atom is -1.00 e. The van der Waals surface area contributed by atoms with Crippen molar-refractivity contribution in [2.45, 2.75) is 19.7 Å². The maximum atomic E-state index is 4.35. The van der Waals surface area contributed by atoms with E-state index >= 15 is 0 Å². The van der Waals surface area contributed by atoms with Gasteiger partial charge in [0, 0.05) is 0 Å². The summed E-state index contributed by atoms with van der Waals surface area (Å²) >= 11 is -0.982. The first-order valence-electron chi connectivity index (χ1n) is 12.2. The van der Waals surface area contributed by atoms with E-state index in [0.29, 0.717) is 15.5 Å². The zero-order chi connectivity index (χ0) is 22.6. The van der Waals surface area contributed by atoms with Crippen LogP contribution in [0, 0.1) is 6.92 Å². The minimum absolute atomic E-state index is 0. The molecular weight excluding hydrogens is 646 g/mol. The van der Waals surface area contributed by atoms with Gasteiger partial charge in [0.25, 0.3) is 0 Å². The third-order valence-electron chi connectivity index (χ3n) is 7.76. The van der Waals surface area contributed by atoms with Crippen LogP contribution in [0.1, 0.15) is 60.0 Å². The van der Waals surface area contributed by atoms with Gasteiger partial charge in [-0.3, -0.25) is 0 Å². The molecule has 0 aliphatic heterocycles. The predicted molar refractivity (Wildman–Crippen MR) is 139 cm³/mol. The van der Waals surface area contributed by atoms with Gasteiger partial charge >= 0.3 is 214 Å². The van der Waals surface area contributed by atoms with E-state index in [1.165, 1.54) is 38.9 Å². The molecule has 175 valence electrons. The van der Waals surface area contributed by atoms with Gasteiger partial charge < -0.3 is 24.8 Å². The Hall–Kier alpha value is -2.19. The molecule has 3 unspecified atom stereocenters. The van der Waals surface area contributed by atoms with E-state index in [-0.39, 0.29) is 24.8 Å². The zero-order valence-electron chi connectivity index (χ0n) is 19.8. The van der Waals surface area contributed by atoms with Gasteiger partial charge in [0.15, 0.2) is 0 Å². The number of halogens is 2. The summed E-state index contributed by atoms with van der Waals surface area (Å²) < 4.78 is 1.73. The second kappa shape index (κ2) is 10.3. The van der Waals surface area contributed by atoms with Gasteiger partial charge in [-0.15, -0.1) is 0 Å². The van der Waals surface area contributed by atoms with Crippen molar-refractivity contribution in [3.05, 3.63) is 149 Å². The van der Waals surface area contributed by atoms with Crippen molar-refractivity contribution in [2.75, 3.05) is 0 Å². The SMILES string of the molecule is [CH2][CH2][Hf+2][CH]1c2ccccc2-c2ccc(C3C=Cc4ccccc43)c(C3C=Cc4ccccc43)c21.[Cl-].[Cl-].